The van der Waals surface area contributed by atoms with E-state index in [-0.39, 0.29) is 5.91 Å². The molecule has 2 heterocycles. The summed E-state index contributed by atoms with van der Waals surface area (Å²) in [5.41, 5.74) is 2.00. The summed E-state index contributed by atoms with van der Waals surface area (Å²) in [6.07, 6.45) is 3.89. The van der Waals surface area contributed by atoms with Gasteiger partial charge in [0.05, 0.1) is 0 Å². The van der Waals surface area contributed by atoms with Gasteiger partial charge in [-0.2, -0.15) is 0 Å². The first-order valence-electron chi connectivity index (χ1n) is 8.18. The fraction of sp³-hybridized carbons (Fsp3) is 0.389. The summed E-state index contributed by atoms with van der Waals surface area (Å²) in [5.74, 6) is 1.10. The molecule has 1 saturated heterocycles. The monoisotopic (exact) mass is 344 g/mol. The second kappa shape index (κ2) is 7.18. The number of benzene rings is 1. The Hall–Kier alpha value is -2.14. The zero-order chi connectivity index (χ0) is 17.1. The highest BCUT2D eigenvalue weighted by atomic mass is 35.5. The van der Waals surface area contributed by atoms with E-state index in [0.717, 1.165) is 37.4 Å². The lowest BCUT2D eigenvalue weighted by atomic mass is 10.00. The molecule has 126 valence electrons. The zero-order valence-electron chi connectivity index (χ0n) is 13.9. The Morgan fingerprint density at radius 1 is 1.29 bits per heavy atom. The number of halogens is 1. The normalized spacial score (nSPS) is 15.4. The fourth-order valence-electron chi connectivity index (χ4n) is 2.75. The minimum absolute atomic E-state index is 0.255. The summed E-state index contributed by atoms with van der Waals surface area (Å²) >= 11 is 6.00. The van der Waals surface area contributed by atoms with Gasteiger partial charge in [0, 0.05) is 30.0 Å². The Morgan fingerprint density at radius 3 is 2.79 bits per heavy atom. The minimum Gasteiger partial charge on any atom is -0.341 e. The molecule has 24 heavy (non-hydrogen) atoms. The Morgan fingerprint density at radius 2 is 2.04 bits per heavy atom. The second-order valence-corrected chi connectivity index (χ2v) is 6.76. The van der Waals surface area contributed by atoms with Crippen molar-refractivity contribution in [2.75, 3.05) is 23.3 Å². The van der Waals surface area contributed by atoms with Gasteiger partial charge in [0.25, 0.3) is 5.91 Å². The van der Waals surface area contributed by atoms with Crippen molar-refractivity contribution < 1.29 is 4.79 Å². The van der Waals surface area contributed by atoms with Crippen LogP contribution in [-0.2, 0) is 0 Å². The molecule has 1 aliphatic heterocycles. The first kappa shape index (κ1) is 16.7. The van der Waals surface area contributed by atoms with Gasteiger partial charge in [-0.1, -0.05) is 24.6 Å². The van der Waals surface area contributed by atoms with Crippen LogP contribution in [0.25, 0.3) is 0 Å². The number of nitrogens with zero attached hydrogens (tertiary/aromatic N) is 3. The van der Waals surface area contributed by atoms with E-state index in [1.807, 2.05) is 13.0 Å². The fourth-order valence-corrected chi connectivity index (χ4v) is 2.92. The van der Waals surface area contributed by atoms with Gasteiger partial charge in [-0.05, 0) is 49.4 Å². The maximum atomic E-state index is 12.5. The highest BCUT2D eigenvalue weighted by Gasteiger charge is 2.19. The number of piperidine rings is 1. The summed E-state index contributed by atoms with van der Waals surface area (Å²) in [4.78, 5) is 23.4. The molecule has 0 spiro atoms. The number of aryl methyl sites for hydroxylation is 1. The third kappa shape index (κ3) is 3.85. The SMILES string of the molecule is Cc1ccc(Cl)cc1NC(=O)c1ccnc(N2CCC(C)CC2)n1. The third-order valence-corrected chi connectivity index (χ3v) is 4.62. The summed E-state index contributed by atoms with van der Waals surface area (Å²) in [6, 6.07) is 7.04. The Balaban J connectivity index is 1.76. The second-order valence-electron chi connectivity index (χ2n) is 6.32. The molecule has 2 aromatic rings. The van der Waals surface area contributed by atoms with Crippen LogP contribution >= 0.6 is 11.6 Å². The summed E-state index contributed by atoms with van der Waals surface area (Å²) < 4.78 is 0. The van der Waals surface area contributed by atoms with Crippen molar-refractivity contribution in [2.24, 2.45) is 5.92 Å². The maximum Gasteiger partial charge on any atom is 0.274 e. The van der Waals surface area contributed by atoms with Crippen molar-refractivity contribution in [3.05, 3.63) is 46.7 Å². The number of carbonyl (C=O) groups is 1. The number of hydrogen-bond donors (Lipinski definition) is 1. The van der Waals surface area contributed by atoms with Gasteiger partial charge >= 0.3 is 0 Å². The number of rotatable bonds is 3. The molecule has 0 radical (unpaired) electrons. The molecule has 1 aliphatic rings. The molecule has 0 unspecified atom stereocenters. The van der Waals surface area contributed by atoms with E-state index in [4.69, 9.17) is 11.6 Å². The van der Waals surface area contributed by atoms with E-state index in [9.17, 15) is 4.79 Å². The highest BCUT2D eigenvalue weighted by Crippen LogP contribution is 2.22. The number of anilines is 2. The van der Waals surface area contributed by atoms with E-state index < -0.39 is 0 Å². The molecular formula is C18H21ClN4O. The van der Waals surface area contributed by atoms with E-state index in [1.54, 1.807) is 24.4 Å². The topological polar surface area (TPSA) is 58.1 Å². The summed E-state index contributed by atoms with van der Waals surface area (Å²) in [5, 5.41) is 3.46. The molecule has 1 N–H and O–H groups in total. The van der Waals surface area contributed by atoms with Gasteiger partial charge in [0.2, 0.25) is 5.95 Å². The Labute approximate surface area is 147 Å². The van der Waals surface area contributed by atoms with E-state index >= 15 is 0 Å². The van der Waals surface area contributed by atoms with Gasteiger partial charge in [0.15, 0.2) is 0 Å². The predicted octanol–water partition coefficient (Wildman–Crippen LogP) is 3.93. The number of amides is 1. The zero-order valence-corrected chi connectivity index (χ0v) is 14.7. The van der Waals surface area contributed by atoms with Gasteiger partial charge in [0.1, 0.15) is 5.69 Å². The van der Waals surface area contributed by atoms with Crippen molar-refractivity contribution in [1.82, 2.24) is 9.97 Å². The van der Waals surface area contributed by atoms with Gasteiger partial charge in [-0.15, -0.1) is 0 Å². The number of nitrogens with one attached hydrogen (secondary N) is 1. The van der Waals surface area contributed by atoms with Crippen LogP contribution in [0.5, 0.6) is 0 Å². The van der Waals surface area contributed by atoms with Crippen LogP contribution in [0.1, 0.15) is 35.8 Å². The smallest absolute Gasteiger partial charge is 0.274 e. The van der Waals surface area contributed by atoms with Crippen molar-refractivity contribution >= 4 is 29.1 Å². The van der Waals surface area contributed by atoms with Crippen molar-refractivity contribution in [1.29, 1.82) is 0 Å². The van der Waals surface area contributed by atoms with Crippen LogP contribution in [0, 0.1) is 12.8 Å². The van der Waals surface area contributed by atoms with Crippen molar-refractivity contribution in [2.45, 2.75) is 26.7 Å². The van der Waals surface area contributed by atoms with Gasteiger partial charge < -0.3 is 10.2 Å². The van der Waals surface area contributed by atoms with Crippen LogP contribution in [0.15, 0.2) is 30.5 Å². The summed E-state index contributed by atoms with van der Waals surface area (Å²) in [7, 11) is 0. The van der Waals surface area contributed by atoms with Crippen LogP contribution in [0.4, 0.5) is 11.6 Å². The lowest BCUT2D eigenvalue weighted by Gasteiger charge is -2.30. The minimum atomic E-state index is -0.255. The first-order valence-corrected chi connectivity index (χ1v) is 8.56. The Bertz CT molecular complexity index is 742. The highest BCUT2D eigenvalue weighted by molar-refractivity contribution is 6.31. The number of carbonyl (C=O) groups excluding carboxylic acids is 1. The van der Waals surface area contributed by atoms with Crippen molar-refractivity contribution in [3.8, 4) is 0 Å². The van der Waals surface area contributed by atoms with E-state index in [0.29, 0.717) is 22.4 Å². The molecule has 6 heteroatoms. The quantitative estimate of drug-likeness (QED) is 0.916. The lowest BCUT2D eigenvalue weighted by molar-refractivity contribution is 0.102. The molecule has 1 fully saturated rings. The lowest BCUT2D eigenvalue weighted by Crippen LogP contribution is -2.34. The molecule has 0 saturated carbocycles. The molecule has 1 aromatic heterocycles. The third-order valence-electron chi connectivity index (χ3n) is 4.39. The standard InChI is InChI=1S/C18H21ClN4O/c1-12-6-9-23(10-7-12)18-20-8-5-15(22-18)17(24)21-16-11-14(19)4-3-13(16)2/h3-5,8,11-12H,6-7,9-10H2,1-2H3,(H,21,24). The molecule has 3 rings (SSSR count). The largest absolute Gasteiger partial charge is 0.341 e. The molecule has 1 amide bonds. The summed E-state index contributed by atoms with van der Waals surface area (Å²) in [6.45, 7) is 6.04. The van der Waals surface area contributed by atoms with Crippen LogP contribution in [0.3, 0.4) is 0 Å². The molecular weight excluding hydrogens is 324 g/mol. The van der Waals surface area contributed by atoms with Gasteiger partial charge in [-0.3, -0.25) is 4.79 Å². The molecule has 1 aromatic carbocycles. The average Bonchev–Trinajstić information content (AvgIpc) is 2.59. The van der Waals surface area contributed by atoms with Crippen molar-refractivity contribution in [3.63, 3.8) is 0 Å². The molecule has 0 atom stereocenters. The molecule has 0 aliphatic carbocycles. The van der Waals surface area contributed by atoms with Gasteiger partial charge in [-0.25, -0.2) is 9.97 Å². The first-order chi connectivity index (χ1) is 11.5. The van der Waals surface area contributed by atoms with Crippen LogP contribution in [0.2, 0.25) is 5.02 Å². The number of aromatic nitrogens is 2. The van der Waals surface area contributed by atoms with Crippen LogP contribution < -0.4 is 10.2 Å². The number of hydrogen-bond acceptors (Lipinski definition) is 4. The van der Waals surface area contributed by atoms with E-state index in [1.165, 1.54) is 0 Å². The molecule has 0 bridgehead atoms. The Kier molecular flexibility index (Phi) is 5.00. The predicted molar refractivity (Wildman–Crippen MR) is 96.8 cm³/mol. The average molecular weight is 345 g/mol. The van der Waals surface area contributed by atoms with E-state index in [2.05, 4.69) is 27.1 Å². The van der Waals surface area contributed by atoms with Crippen LogP contribution in [-0.4, -0.2) is 29.0 Å². The maximum absolute atomic E-state index is 12.5. The molecule has 5 nitrogen and oxygen atoms in total.